The first-order valence-corrected chi connectivity index (χ1v) is 4.23. The SMILES string of the molecule is O=S1(=O)NCc2cocc21. The van der Waals surface area contributed by atoms with Crippen molar-refractivity contribution in [1.82, 2.24) is 4.72 Å². The summed E-state index contributed by atoms with van der Waals surface area (Å²) in [7, 11) is -3.21. The highest BCUT2D eigenvalue weighted by atomic mass is 32.2. The summed E-state index contributed by atoms with van der Waals surface area (Å²) in [5.41, 5.74) is 0.708. The Morgan fingerprint density at radius 1 is 1.50 bits per heavy atom. The van der Waals surface area contributed by atoms with Crippen LogP contribution >= 0.6 is 0 Å². The lowest BCUT2D eigenvalue weighted by Gasteiger charge is -1.88. The molecule has 1 aliphatic heterocycles. The summed E-state index contributed by atoms with van der Waals surface area (Å²) >= 11 is 0. The van der Waals surface area contributed by atoms with Gasteiger partial charge in [0.2, 0.25) is 10.0 Å². The van der Waals surface area contributed by atoms with E-state index in [2.05, 4.69) is 4.72 Å². The zero-order valence-electron chi connectivity index (χ0n) is 4.99. The fraction of sp³-hybridized carbons (Fsp3) is 0.200. The monoisotopic (exact) mass is 159 g/mol. The predicted octanol–water partition coefficient (Wildman–Crippen LogP) is 0.0715. The van der Waals surface area contributed by atoms with Crippen LogP contribution in [0.25, 0.3) is 0 Å². The van der Waals surface area contributed by atoms with Crippen LogP contribution < -0.4 is 4.72 Å². The lowest BCUT2D eigenvalue weighted by atomic mass is 10.3. The molecule has 0 bridgehead atoms. The van der Waals surface area contributed by atoms with Crippen LogP contribution in [0.5, 0.6) is 0 Å². The zero-order chi connectivity index (χ0) is 7.19. The molecular weight excluding hydrogens is 154 g/mol. The summed E-state index contributed by atoms with van der Waals surface area (Å²) < 4.78 is 28.9. The molecule has 0 fully saturated rings. The minimum atomic E-state index is -3.21. The average Bonchev–Trinajstić information content (AvgIpc) is 2.36. The van der Waals surface area contributed by atoms with E-state index < -0.39 is 10.0 Å². The molecule has 1 aromatic rings. The third-order valence-electron chi connectivity index (χ3n) is 1.44. The molecule has 1 aromatic heterocycles. The topological polar surface area (TPSA) is 59.3 Å². The quantitative estimate of drug-likeness (QED) is 0.582. The van der Waals surface area contributed by atoms with Crippen LogP contribution in [0.4, 0.5) is 0 Å². The van der Waals surface area contributed by atoms with Gasteiger partial charge in [-0.05, 0) is 0 Å². The van der Waals surface area contributed by atoms with Crippen molar-refractivity contribution in [3.8, 4) is 0 Å². The van der Waals surface area contributed by atoms with E-state index in [0.717, 1.165) is 0 Å². The molecular formula is C5H5NO3S. The van der Waals surface area contributed by atoms with E-state index in [1.165, 1.54) is 12.5 Å². The Kier molecular flexibility index (Phi) is 0.959. The molecule has 10 heavy (non-hydrogen) atoms. The molecule has 0 amide bonds. The highest BCUT2D eigenvalue weighted by Gasteiger charge is 2.26. The van der Waals surface area contributed by atoms with E-state index in [0.29, 0.717) is 12.1 Å². The second-order valence-corrected chi connectivity index (χ2v) is 3.82. The highest BCUT2D eigenvalue weighted by molar-refractivity contribution is 7.89. The van der Waals surface area contributed by atoms with Crippen molar-refractivity contribution in [1.29, 1.82) is 0 Å². The number of furan rings is 1. The summed E-state index contributed by atoms with van der Waals surface area (Å²) in [5.74, 6) is 0. The van der Waals surface area contributed by atoms with Crippen LogP contribution in [-0.4, -0.2) is 8.42 Å². The van der Waals surface area contributed by atoms with Crippen molar-refractivity contribution in [2.75, 3.05) is 0 Å². The maximum Gasteiger partial charge on any atom is 0.244 e. The van der Waals surface area contributed by atoms with Crippen molar-refractivity contribution >= 4 is 10.0 Å². The van der Waals surface area contributed by atoms with Gasteiger partial charge in [0.05, 0.1) is 6.26 Å². The average molecular weight is 159 g/mol. The van der Waals surface area contributed by atoms with Crippen LogP contribution in [0.2, 0.25) is 0 Å². The fourth-order valence-electron chi connectivity index (χ4n) is 0.927. The van der Waals surface area contributed by atoms with Gasteiger partial charge < -0.3 is 4.42 Å². The van der Waals surface area contributed by atoms with E-state index in [-0.39, 0.29) is 4.90 Å². The van der Waals surface area contributed by atoms with Crippen LogP contribution in [-0.2, 0) is 16.6 Å². The Morgan fingerprint density at radius 2 is 2.30 bits per heavy atom. The molecule has 0 atom stereocenters. The molecule has 0 radical (unpaired) electrons. The molecule has 0 aromatic carbocycles. The number of hydrogen-bond acceptors (Lipinski definition) is 3. The van der Waals surface area contributed by atoms with E-state index in [1.807, 2.05) is 0 Å². The summed E-state index contributed by atoms with van der Waals surface area (Å²) in [6, 6.07) is 0. The summed E-state index contributed by atoms with van der Waals surface area (Å²) in [6.07, 6.45) is 2.68. The fourth-order valence-corrected chi connectivity index (χ4v) is 2.08. The van der Waals surface area contributed by atoms with Crippen molar-refractivity contribution in [2.45, 2.75) is 11.4 Å². The van der Waals surface area contributed by atoms with Gasteiger partial charge in [-0.3, -0.25) is 0 Å². The highest BCUT2D eigenvalue weighted by Crippen LogP contribution is 2.22. The van der Waals surface area contributed by atoms with E-state index >= 15 is 0 Å². The molecule has 0 saturated carbocycles. The maximum atomic E-state index is 10.9. The molecule has 5 heteroatoms. The predicted molar refractivity (Wildman–Crippen MR) is 32.7 cm³/mol. The minimum absolute atomic E-state index is 0.271. The Hall–Kier alpha value is -0.810. The van der Waals surface area contributed by atoms with E-state index in [9.17, 15) is 8.42 Å². The van der Waals surface area contributed by atoms with Crippen LogP contribution in [0.1, 0.15) is 5.56 Å². The number of hydrogen-bond donors (Lipinski definition) is 1. The lowest BCUT2D eigenvalue weighted by Crippen LogP contribution is -2.13. The first-order valence-electron chi connectivity index (χ1n) is 2.75. The van der Waals surface area contributed by atoms with Crippen molar-refractivity contribution < 1.29 is 12.8 Å². The number of rotatable bonds is 0. The van der Waals surface area contributed by atoms with Gasteiger partial charge in [-0.1, -0.05) is 0 Å². The normalized spacial score (nSPS) is 20.8. The van der Waals surface area contributed by atoms with Gasteiger partial charge in [0, 0.05) is 12.1 Å². The second-order valence-electron chi connectivity index (χ2n) is 2.09. The third-order valence-corrected chi connectivity index (χ3v) is 2.91. The number of nitrogens with one attached hydrogen (secondary N) is 1. The standard InChI is InChI=1S/C5H5NO3S/c7-10(8)5-3-9-2-4(5)1-6-10/h2-3,6H,1H2. The van der Waals surface area contributed by atoms with E-state index in [4.69, 9.17) is 4.42 Å². The molecule has 1 N–H and O–H groups in total. The van der Waals surface area contributed by atoms with Crippen molar-refractivity contribution in [3.05, 3.63) is 18.1 Å². The Balaban J connectivity index is 2.76. The van der Waals surface area contributed by atoms with Gasteiger partial charge in [0.25, 0.3) is 0 Å². The van der Waals surface area contributed by atoms with Crippen molar-refractivity contribution in [2.24, 2.45) is 0 Å². The van der Waals surface area contributed by atoms with Crippen LogP contribution in [0.15, 0.2) is 21.8 Å². The van der Waals surface area contributed by atoms with Crippen LogP contribution in [0.3, 0.4) is 0 Å². The Bertz CT molecular complexity index is 351. The van der Waals surface area contributed by atoms with Gasteiger partial charge in [-0.15, -0.1) is 0 Å². The van der Waals surface area contributed by atoms with Gasteiger partial charge in [0.1, 0.15) is 11.2 Å². The molecule has 2 rings (SSSR count). The van der Waals surface area contributed by atoms with Gasteiger partial charge in [-0.25, -0.2) is 13.1 Å². The summed E-state index contributed by atoms with van der Waals surface area (Å²) in [5, 5.41) is 0. The van der Waals surface area contributed by atoms with E-state index in [1.54, 1.807) is 0 Å². The zero-order valence-corrected chi connectivity index (χ0v) is 5.81. The molecule has 0 spiro atoms. The van der Waals surface area contributed by atoms with Crippen molar-refractivity contribution in [3.63, 3.8) is 0 Å². The summed E-state index contributed by atoms with van der Waals surface area (Å²) in [6.45, 7) is 0.355. The molecule has 1 aliphatic rings. The largest absolute Gasteiger partial charge is 0.471 e. The summed E-state index contributed by atoms with van der Waals surface area (Å²) in [4.78, 5) is 0.271. The first-order chi connectivity index (χ1) is 4.70. The van der Waals surface area contributed by atoms with Gasteiger partial charge in [-0.2, -0.15) is 0 Å². The first kappa shape index (κ1) is 5.94. The maximum absolute atomic E-state index is 10.9. The lowest BCUT2D eigenvalue weighted by molar-refractivity contribution is 0.548. The number of sulfonamides is 1. The molecule has 2 heterocycles. The number of fused-ring (bicyclic) bond motifs is 1. The molecule has 0 unspecified atom stereocenters. The second kappa shape index (κ2) is 1.62. The Labute approximate surface area is 57.9 Å². The van der Waals surface area contributed by atoms with Gasteiger partial charge >= 0.3 is 0 Å². The third kappa shape index (κ3) is 0.614. The van der Waals surface area contributed by atoms with Gasteiger partial charge in [0.15, 0.2) is 0 Å². The minimum Gasteiger partial charge on any atom is -0.471 e. The molecule has 4 nitrogen and oxygen atoms in total. The Morgan fingerprint density at radius 3 is 3.00 bits per heavy atom. The molecule has 0 aliphatic carbocycles. The van der Waals surface area contributed by atoms with Crippen LogP contribution in [0, 0.1) is 0 Å². The smallest absolute Gasteiger partial charge is 0.244 e. The molecule has 0 saturated heterocycles. The molecule has 54 valence electrons.